The molecular weight excluding hydrogens is 270 g/mol. The molecule has 5 heteroatoms. The topological polar surface area (TPSA) is 57.7 Å². The van der Waals surface area contributed by atoms with E-state index >= 15 is 0 Å². The Morgan fingerprint density at radius 2 is 2.29 bits per heavy atom. The van der Waals surface area contributed by atoms with E-state index < -0.39 is 0 Å². The van der Waals surface area contributed by atoms with Gasteiger partial charge in [-0.25, -0.2) is 0 Å². The van der Waals surface area contributed by atoms with Crippen LogP contribution in [0.2, 0.25) is 0 Å². The van der Waals surface area contributed by atoms with Crippen LogP contribution < -0.4 is 4.74 Å². The van der Waals surface area contributed by atoms with Crippen LogP contribution in [0.1, 0.15) is 26.0 Å². The number of nitrogens with zero attached hydrogens (tertiary/aromatic N) is 1. The average Bonchev–Trinajstić information content (AvgIpc) is 2.85. The fourth-order valence-electron chi connectivity index (χ4n) is 2.93. The van der Waals surface area contributed by atoms with Crippen molar-refractivity contribution in [3.63, 3.8) is 0 Å². The summed E-state index contributed by atoms with van der Waals surface area (Å²) in [5, 5.41) is 0. The Morgan fingerprint density at radius 1 is 1.43 bits per heavy atom. The summed E-state index contributed by atoms with van der Waals surface area (Å²) in [6.45, 7) is 4.65. The Hall–Kier alpha value is -1.88. The zero-order valence-corrected chi connectivity index (χ0v) is 12.2. The zero-order chi connectivity index (χ0) is 14.8. The largest absolute Gasteiger partial charge is 0.483 e. The van der Waals surface area contributed by atoms with Crippen molar-refractivity contribution in [2.24, 2.45) is 5.92 Å². The van der Waals surface area contributed by atoms with Gasteiger partial charge < -0.3 is 14.2 Å². The normalized spacial score (nSPS) is 26.4. The monoisotopic (exact) mass is 289 g/mol. The summed E-state index contributed by atoms with van der Waals surface area (Å²) in [6.07, 6.45) is 3.86. The molecule has 0 saturated heterocycles. The number of rotatable bonds is 4. The number of fused-ring (bicyclic) bond motifs is 3. The maximum Gasteiger partial charge on any atom is 0.312 e. The first-order valence-corrected chi connectivity index (χ1v) is 7.36. The van der Waals surface area contributed by atoms with Gasteiger partial charge >= 0.3 is 5.97 Å². The van der Waals surface area contributed by atoms with Crippen molar-refractivity contribution in [2.45, 2.75) is 32.5 Å². The van der Waals surface area contributed by atoms with E-state index in [1.165, 1.54) is 0 Å². The van der Waals surface area contributed by atoms with Gasteiger partial charge in [0, 0.05) is 24.8 Å². The smallest absolute Gasteiger partial charge is 0.312 e. The SMILES string of the molecule is CCOC(=O)C1C[C@H]2Oc3cccnc3C2=C[C@H]1OCC. The van der Waals surface area contributed by atoms with Crippen LogP contribution in [0.25, 0.3) is 5.57 Å². The van der Waals surface area contributed by atoms with Crippen molar-refractivity contribution in [1.29, 1.82) is 0 Å². The second-order valence-corrected chi connectivity index (χ2v) is 5.09. The summed E-state index contributed by atoms with van der Waals surface area (Å²) in [7, 11) is 0. The molecule has 0 fully saturated rings. The average molecular weight is 289 g/mol. The first kappa shape index (κ1) is 14.1. The van der Waals surface area contributed by atoms with Gasteiger partial charge in [-0.05, 0) is 32.1 Å². The highest BCUT2D eigenvalue weighted by atomic mass is 16.5. The molecule has 2 heterocycles. The molecule has 0 aromatic carbocycles. The van der Waals surface area contributed by atoms with Gasteiger partial charge in [-0.15, -0.1) is 0 Å². The molecule has 0 saturated carbocycles. The van der Waals surface area contributed by atoms with Gasteiger partial charge in [0.1, 0.15) is 17.5 Å². The number of hydrogen-bond donors (Lipinski definition) is 0. The van der Waals surface area contributed by atoms with Crippen LogP contribution in [0.5, 0.6) is 5.75 Å². The van der Waals surface area contributed by atoms with Crippen molar-refractivity contribution in [3.8, 4) is 5.75 Å². The lowest BCUT2D eigenvalue weighted by Crippen LogP contribution is -2.38. The molecule has 1 aliphatic heterocycles. The summed E-state index contributed by atoms with van der Waals surface area (Å²) >= 11 is 0. The molecule has 1 aromatic heterocycles. The van der Waals surface area contributed by atoms with E-state index in [1.54, 1.807) is 6.20 Å². The van der Waals surface area contributed by atoms with Crippen molar-refractivity contribution < 1.29 is 19.0 Å². The van der Waals surface area contributed by atoms with E-state index in [9.17, 15) is 4.79 Å². The van der Waals surface area contributed by atoms with Crippen LogP contribution in [-0.2, 0) is 14.3 Å². The Labute approximate surface area is 123 Å². The van der Waals surface area contributed by atoms with Gasteiger partial charge in [0.15, 0.2) is 0 Å². The van der Waals surface area contributed by atoms with Gasteiger partial charge in [-0.2, -0.15) is 0 Å². The van der Waals surface area contributed by atoms with Gasteiger partial charge in [0.25, 0.3) is 0 Å². The summed E-state index contributed by atoms with van der Waals surface area (Å²) in [5.74, 6) is 0.222. The van der Waals surface area contributed by atoms with E-state index in [0.29, 0.717) is 19.6 Å². The molecule has 1 aliphatic carbocycles. The lowest BCUT2D eigenvalue weighted by Gasteiger charge is -2.30. The Morgan fingerprint density at radius 3 is 3.05 bits per heavy atom. The maximum atomic E-state index is 12.1. The van der Waals surface area contributed by atoms with Gasteiger partial charge in [-0.1, -0.05) is 0 Å². The standard InChI is InChI=1S/C16H19NO4/c1-3-19-13-8-10-14(9-11(13)16(18)20-4-2)21-12-6-5-7-17-15(10)12/h5-8,11,13-14H,3-4,9H2,1-2H3/t11?,13-,14-/m1/s1. The fraction of sp³-hybridized carbons (Fsp3) is 0.500. The molecule has 0 radical (unpaired) electrons. The molecule has 112 valence electrons. The molecule has 1 unspecified atom stereocenters. The maximum absolute atomic E-state index is 12.1. The highest BCUT2D eigenvalue weighted by Crippen LogP contribution is 2.42. The first-order valence-electron chi connectivity index (χ1n) is 7.36. The van der Waals surface area contributed by atoms with Crippen LogP contribution in [0, 0.1) is 5.92 Å². The number of hydrogen-bond acceptors (Lipinski definition) is 5. The first-order chi connectivity index (χ1) is 10.2. The van der Waals surface area contributed by atoms with Gasteiger partial charge in [0.05, 0.1) is 18.6 Å². The van der Waals surface area contributed by atoms with Crippen LogP contribution in [0.15, 0.2) is 24.4 Å². The lowest BCUT2D eigenvalue weighted by atomic mass is 9.84. The molecule has 0 bridgehead atoms. The quantitative estimate of drug-likeness (QED) is 0.795. The minimum Gasteiger partial charge on any atom is -0.483 e. The number of carbonyl (C=O) groups excluding carboxylic acids is 1. The minimum absolute atomic E-state index is 0.138. The van der Waals surface area contributed by atoms with Crippen molar-refractivity contribution in [1.82, 2.24) is 4.98 Å². The predicted octanol–water partition coefficient (Wildman–Crippen LogP) is 2.21. The van der Waals surface area contributed by atoms with Crippen molar-refractivity contribution in [3.05, 3.63) is 30.1 Å². The Balaban J connectivity index is 1.90. The van der Waals surface area contributed by atoms with E-state index in [0.717, 1.165) is 17.0 Å². The Kier molecular flexibility index (Phi) is 3.92. The number of ether oxygens (including phenoxy) is 3. The molecule has 0 N–H and O–H groups in total. The number of esters is 1. The van der Waals surface area contributed by atoms with E-state index in [4.69, 9.17) is 14.2 Å². The number of carbonyl (C=O) groups is 1. The molecule has 21 heavy (non-hydrogen) atoms. The fourth-order valence-corrected chi connectivity index (χ4v) is 2.93. The van der Waals surface area contributed by atoms with Gasteiger partial charge in [-0.3, -0.25) is 9.78 Å². The molecule has 0 spiro atoms. The third kappa shape index (κ3) is 2.53. The zero-order valence-electron chi connectivity index (χ0n) is 12.2. The van der Waals surface area contributed by atoms with E-state index in [2.05, 4.69) is 4.98 Å². The van der Waals surface area contributed by atoms with Crippen molar-refractivity contribution in [2.75, 3.05) is 13.2 Å². The summed E-state index contributed by atoms with van der Waals surface area (Å²) in [6, 6.07) is 3.75. The molecule has 3 atom stereocenters. The molecular formula is C16H19NO4. The molecule has 5 nitrogen and oxygen atoms in total. The van der Waals surface area contributed by atoms with Crippen LogP contribution in [0.4, 0.5) is 0 Å². The highest BCUT2D eigenvalue weighted by molar-refractivity contribution is 5.80. The summed E-state index contributed by atoms with van der Waals surface area (Å²) in [5.41, 5.74) is 1.87. The third-order valence-electron chi connectivity index (χ3n) is 3.82. The summed E-state index contributed by atoms with van der Waals surface area (Å²) in [4.78, 5) is 16.5. The Bertz CT molecular complexity index is 569. The second-order valence-electron chi connectivity index (χ2n) is 5.09. The van der Waals surface area contributed by atoms with Crippen LogP contribution in [-0.4, -0.2) is 36.4 Å². The predicted molar refractivity (Wildman–Crippen MR) is 76.8 cm³/mol. The van der Waals surface area contributed by atoms with E-state index in [1.807, 2.05) is 32.1 Å². The number of aromatic nitrogens is 1. The van der Waals surface area contributed by atoms with Crippen LogP contribution in [0.3, 0.4) is 0 Å². The highest BCUT2D eigenvalue weighted by Gasteiger charge is 2.42. The third-order valence-corrected chi connectivity index (χ3v) is 3.82. The minimum atomic E-state index is -0.326. The molecule has 0 amide bonds. The lowest BCUT2D eigenvalue weighted by molar-refractivity contribution is -0.153. The summed E-state index contributed by atoms with van der Waals surface area (Å²) < 4.78 is 16.8. The molecule has 3 rings (SSSR count). The van der Waals surface area contributed by atoms with Crippen molar-refractivity contribution >= 4 is 11.5 Å². The van der Waals surface area contributed by atoms with Crippen LogP contribution >= 0.6 is 0 Å². The van der Waals surface area contributed by atoms with E-state index in [-0.39, 0.29) is 24.1 Å². The molecule has 2 aliphatic rings. The number of pyridine rings is 1. The second kappa shape index (κ2) is 5.85. The van der Waals surface area contributed by atoms with Gasteiger partial charge in [0.2, 0.25) is 0 Å². The molecule has 1 aromatic rings.